The van der Waals surface area contributed by atoms with Gasteiger partial charge in [-0.25, -0.2) is 17.8 Å². The van der Waals surface area contributed by atoms with E-state index in [9.17, 15) is 12.8 Å². The van der Waals surface area contributed by atoms with Crippen LogP contribution < -0.4 is 4.90 Å². The van der Waals surface area contributed by atoms with Gasteiger partial charge in [-0.2, -0.15) is 4.31 Å². The second kappa shape index (κ2) is 7.51. The van der Waals surface area contributed by atoms with Crippen LogP contribution in [0.15, 0.2) is 57.4 Å². The summed E-state index contributed by atoms with van der Waals surface area (Å²) in [5, 5.41) is 1.97. The lowest BCUT2D eigenvalue weighted by atomic mass is 10.3. The molecule has 0 radical (unpaired) electrons. The van der Waals surface area contributed by atoms with Gasteiger partial charge in [0.25, 0.3) is 0 Å². The monoisotopic (exact) mass is 408 g/mol. The summed E-state index contributed by atoms with van der Waals surface area (Å²) in [5.74, 6) is -0.101. The third kappa shape index (κ3) is 3.81. The maximum atomic E-state index is 13.9. The number of sulfonamides is 1. The number of aromatic nitrogens is 1. The number of quaternary nitrogens is 1. The number of benzene rings is 1. The van der Waals surface area contributed by atoms with Crippen LogP contribution in [-0.2, 0) is 16.6 Å². The molecule has 1 N–H and O–H groups in total. The van der Waals surface area contributed by atoms with Crippen LogP contribution in [0, 0.1) is 5.82 Å². The molecule has 1 fully saturated rings. The quantitative estimate of drug-likeness (QED) is 0.697. The zero-order chi connectivity index (χ0) is 18.9. The summed E-state index contributed by atoms with van der Waals surface area (Å²) in [5.41, 5.74) is 0.846. The maximum Gasteiger partial charge on any atom is 0.246 e. The molecule has 0 saturated carbocycles. The minimum absolute atomic E-state index is 0.259. The van der Waals surface area contributed by atoms with Gasteiger partial charge in [-0.3, -0.25) is 0 Å². The summed E-state index contributed by atoms with van der Waals surface area (Å²) in [7, 11) is -3.80. The predicted octanol–water partition coefficient (Wildman–Crippen LogP) is 1.63. The van der Waals surface area contributed by atoms with E-state index in [1.165, 1.54) is 33.5 Å². The third-order valence-electron chi connectivity index (χ3n) is 4.60. The van der Waals surface area contributed by atoms with Crippen molar-refractivity contribution in [1.29, 1.82) is 0 Å². The molecule has 2 aromatic heterocycles. The number of piperazine rings is 1. The van der Waals surface area contributed by atoms with Gasteiger partial charge in [-0.05, 0) is 23.6 Å². The van der Waals surface area contributed by atoms with E-state index in [0.717, 1.165) is 10.6 Å². The highest BCUT2D eigenvalue weighted by Crippen LogP contribution is 2.23. The van der Waals surface area contributed by atoms with Crippen molar-refractivity contribution >= 4 is 21.4 Å². The molecule has 0 bridgehead atoms. The van der Waals surface area contributed by atoms with Crippen LogP contribution in [0.2, 0.25) is 0 Å². The van der Waals surface area contributed by atoms with E-state index < -0.39 is 15.8 Å². The number of hydrogen-bond acceptors (Lipinski definition) is 5. The molecular formula is C18H19FN3O3S2+. The Bertz CT molecular complexity index is 1010. The molecule has 1 aliphatic rings. The molecule has 1 aromatic carbocycles. The number of hydrogen-bond donors (Lipinski definition) is 1. The molecule has 142 valence electrons. The van der Waals surface area contributed by atoms with Crippen molar-refractivity contribution in [3.05, 3.63) is 59.6 Å². The van der Waals surface area contributed by atoms with Crippen LogP contribution in [0.3, 0.4) is 0 Å². The van der Waals surface area contributed by atoms with E-state index in [4.69, 9.17) is 4.42 Å². The molecule has 6 nitrogen and oxygen atoms in total. The number of thiophene rings is 1. The number of nitrogens with zero attached hydrogens (tertiary/aromatic N) is 2. The summed E-state index contributed by atoms with van der Waals surface area (Å²) in [4.78, 5) is 6.46. The van der Waals surface area contributed by atoms with Gasteiger partial charge in [0.1, 0.15) is 29.2 Å². The summed E-state index contributed by atoms with van der Waals surface area (Å²) >= 11 is 1.57. The van der Waals surface area contributed by atoms with E-state index in [1.54, 1.807) is 17.6 Å². The highest BCUT2D eigenvalue weighted by atomic mass is 32.2. The number of oxazole rings is 1. The Morgan fingerprint density at radius 2 is 1.96 bits per heavy atom. The first-order valence-corrected chi connectivity index (χ1v) is 10.9. The zero-order valence-electron chi connectivity index (χ0n) is 14.5. The largest absolute Gasteiger partial charge is 0.443 e. The summed E-state index contributed by atoms with van der Waals surface area (Å²) < 4.78 is 46.1. The maximum absolute atomic E-state index is 13.9. The Kier molecular flexibility index (Phi) is 5.09. The Balaban J connectivity index is 1.39. The van der Waals surface area contributed by atoms with Gasteiger partial charge in [0.15, 0.2) is 0 Å². The summed E-state index contributed by atoms with van der Waals surface area (Å²) in [6, 6.07) is 9.41. The highest BCUT2D eigenvalue weighted by Gasteiger charge is 2.32. The van der Waals surface area contributed by atoms with E-state index in [-0.39, 0.29) is 4.90 Å². The van der Waals surface area contributed by atoms with Crippen LogP contribution >= 0.6 is 11.3 Å². The van der Waals surface area contributed by atoms with Gasteiger partial charge in [-0.15, -0.1) is 11.3 Å². The van der Waals surface area contributed by atoms with E-state index in [1.807, 2.05) is 17.5 Å². The number of nitrogens with one attached hydrogen (secondary N) is 1. The van der Waals surface area contributed by atoms with Crippen molar-refractivity contribution < 1.29 is 22.1 Å². The Labute approximate surface area is 160 Å². The summed E-state index contributed by atoms with van der Waals surface area (Å²) in [6.45, 7) is 2.63. The Morgan fingerprint density at radius 3 is 2.67 bits per heavy atom. The van der Waals surface area contributed by atoms with Crippen LogP contribution in [0.4, 0.5) is 4.39 Å². The molecule has 0 amide bonds. The van der Waals surface area contributed by atoms with Crippen LogP contribution in [0.5, 0.6) is 0 Å². The summed E-state index contributed by atoms with van der Waals surface area (Å²) in [6.07, 6.45) is 1.66. The van der Waals surface area contributed by atoms with Crippen LogP contribution in [0.25, 0.3) is 10.8 Å². The molecule has 3 heterocycles. The second-order valence-electron chi connectivity index (χ2n) is 6.38. The number of halogens is 1. The van der Waals surface area contributed by atoms with Crippen molar-refractivity contribution in [3.8, 4) is 10.8 Å². The van der Waals surface area contributed by atoms with Crippen molar-refractivity contribution in [1.82, 2.24) is 9.29 Å². The average molecular weight is 409 g/mol. The lowest BCUT2D eigenvalue weighted by molar-refractivity contribution is -0.917. The Morgan fingerprint density at radius 1 is 1.19 bits per heavy atom. The molecule has 1 aliphatic heterocycles. The number of rotatable bonds is 5. The van der Waals surface area contributed by atoms with Gasteiger partial charge < -0.3 is 9.32 Å². The predicted molar refractivity (Wildman–Crippen MR) is 99.4 cm³/mol. The molecule has 0 unspecified atom stereocenters. The molecule has 0 spiro atoms. The average Bonchev–Trinajstić information content (AvgIpc) is 3.34. The van der Waals surface area contributed by atoms with Gasteiger partial charge >= 0.3 is 0 Å². The van der Waals surface area contributed by atoms with Gasteiger partial charge in [0, 0.05) is 0 Å². The van der Waals surface area contributed by atoms with Crippen molar-refractivity contribution in [2.24, 2.45) is 0 Å². The van der Waals surface area contributed by atoms with Crippen molar-refractivity contribution in [2.75, 3.05) is 26.2 Å². The van der Waals surface area contributed by atoms with Crippen LogP contribution in [0.1, 0.15) is 5.69 Å². The standard InChI is InChI=1S/C18H18FN3O3S2/c19-15-4-1-2-6-17(15)27(23,24)22-9-7-21(8-10-22)12-14-13-25-18(20-14)16-5-3-11-26-16/h1-6,11,13H,7-10,12H2/p+1. The molecule has 27 heavy (non-hydrogen) atoms. The molecule has 9 heteroatoms. The minimum atomic E-state index is -3.80. The molecule has 3 aromatic rings. The fourth-order valence-electron chi connectivity index (χ4n) is 3.17. The van der Waals surface area contributed by atoms with Crippen molar-refractivity contribution in [3.63, 3.8) is 0 Å². The second-order valence-corrected chi connectivity index (χ2v) is 9.24. The lowest BCUT2D eigenvalue weighted by Crippen LogP contribution is -3.13. The smallest absolute Gasteiger partial charge is 0.246 e. The third-order valence-corrected chi connectivity index (χ3v) is 7.39. The molecule has 0 atom stereocenters. The first-order valence-electron chi connectivity index (χ1n) is 8.60. The van der Waals surface area contributed by atoms with Gasteiger partial charge in [0.05, 0.1) is 31.1 Å². The first kappa shape index (κ1) is 18.3. The molecular weight excluding hydrogens is 389 g/mol. The van der Waals surface area contributed by atoms with Gasteiger partial charge in [0.2, 0.25) is 15.9 Å². The van der Waals surface area contributed by atoms with Gasteiger partial charge in [-0.1, -0.05) is 18.2 Å². The van der Waals surface area contributed by atoms with E-state index in [2.05, 4.69) is 4.98 Å². The van der Waals surface area contributed by atoms with E-state index >= 15 is 0 Å². The highest BCUT2D eigenvalue weighted by molar-refractivity contribution is 7.89. The van der Waals surface area contributed by atoms with E-state index in [0.29, 0.717) is 38.6 Å². The first-order chi connectivity index (χ1) is 13.0. The van der Waals surface area contributed by atoms with Crippen molar-refractivity contribution in [2.45, 2.75) is 11.4 Å². The Hall–Kier alpha value is -2.07. The SMILES string of the molecule is O=S(=O)(c1ccccc1F)N1CC[NH+](Cc2coc(-c3cccs3)n2)CC1. The normalized spacial score (nSPS) is 16.6. The topological polar surface area (TPSA) is 67.8 Å². The zero-order valence-corrected chi connectivity index (χ0v) is 16.1. The fourth-order valence-corrected chi connectivity index (χ4v) is 5.33. The molecule has 0 aliphatic carbocycles. The molecule has 4 rings (SSSR count). The lowest BCUT2D eigenvalue weighted by Gasteiger charge is -2.31. The molecule has 1 saturated heterocycles. The fraction of sp³-hybridized carbons (Fsp3) is 0.278. The minimum Gasteiger partial charge on any atom is -0.443 e. The van der Waals surface area contributed by atoms with Crippen LogP contribution in [-0.4, -0.2) is 43.9 Å².